The van der Waals surface area contributed by atoms with E-state index in [1.54, 1.807) is 12.2 Å². The molecule has 2 atom stereocenters. The predicted octanol–water partition coefficient (Wildman–Crippen LogP) is 1.45. The minimum absolute atomic E-state index is 0.115. The Bertz CT molecular complexity index is 181. The quantitative estimate of drug-likeness (QED) is 0.675. The van der Waals surface area contributed by atoms with Crippen LogP contribution in [-0.4, -0.2) is 29.2 Å². The van der Waals surface area contributed by atoms with Crippen molar-refractivity contribution in [3.05, 3.63) is 12.2 Å². The molecule has 1 heterocycles. The van der Waals surface area contributed by atoms with Crippen molar-refractivity contribution in [2.24, 2.45) is 5.92 Å². The van der Waals surface area contributed by atoms with Gasteiger partial charge in [0.2, 0.25) is 0 Å². The molecular weight excluding hydrogens is 180 g/mol. The fraction of sp³-hybridized carbons (Fsp3) is 0.818. The van der Waals surface area contributed by atoms with E-state index in [2.05, 4.69) is 6.92 Å². The molecule has 82 valence electrons. The molecule has 1 aliphatic heterocycles. The summed E-state index contributed by atoms with van der Waals surface area (Å²) in [7, 11) is 0. The summed E-state index contributed by atoms with van der Waals surface area (Å²) in [5.74, 6) is -0.498. The smallest absolute Gasteiger partial charge is 0.185 e. The Morgan fingerprint density at radius 3 is 2.86 bits per heavy atom. The molecule has 1 fully saturated rings. The number of aliphatic hydroxyl groups is 2. The summed E-state index contributed by atoms with van der Waals surface area (Å²) < 4.78 is 5.40. The topological polar surface area (TPSA) is 49.7 Å². The first-order valence-corrected chi connectivity index (χ1v) is 5.35. The number of ether oxygens (including phenoxy) is 1. The van der Waals surface area contributed by atoms with Gasteiger partial charge in [-0.2, -0.15) is 0 Å². The molecule has 2 N–H and O–H groups in total. The van der Waals surface area contributed by atoms with Crippen molar-refractivity contribution in [3.63, 3.8) is 0 Å². The van der Waals surface area contributed by atoms with Crippen LogP contribution in [0.1, 0.15) is 32.6 Å². The third-order valence-electron chi connectivity index (χ3n) is 2.73. The summed E-state index contributed by atoms with van der Waals surface area (Å²) in [4.78, 5) is 0. The second-order valence-corrected chi connectivity index (χ2v) is 3.88. The van der Waals surface area contributed by atoms with Crippen LogP contribution in [-0.2, 0) is 4.74 Å². The Labute approximate surface area is 85.4 Å². The van der Waals surface area contributed by atoms with Gasteiger partial charge in [-0.05, 0) is 24.8 Å². The highest BCUT2D eigenvalue weighted by Gasteiger charge is 2.30. The van der Waals surface area contributed by atoms with Crippen LogP contribution in [0.25, 0.3) is 0 Å². The second-order valence-electron chi connectivity index (χ2n) is 3.88. The van der Waals surface area contributed by atoms with Crippen molar-refractivity contribution in [2.45, 2.75) is 38.4 Å². The van der Waals surface area contributed by atoms with E-state index < -0.39 is 5.79 Å². The molecule has 1 rings (SSSR count). The lowest BCUT2D eigenvalue weighted by atomic mass is 9.94. The van der Waals surface area contributed by atoms with Crippen LogP contribution >= 0.6 is 0 Å². The Morgan fingerprint density at radius 1 is 1.57 bits per heavy atom. The van der Waals surface area contributed by atoms with Crippen LogP contribution < -0.4 is 0 Å². The lowest BCUT2D eigenvalue weighted by Gasteiger charge is -2.33. The van der Waals surface area contributed by atoms with Crippen molar-refractivity contribution in [1.29, 1.82) is 0 Å². The second kappa shape index (κ2) is 5.49. The van der Waals surface area contributed by atoms with Gasteiger partial charge in [-0.1, -0.05) is 19.4 Å². The summed E-state index contributed by atoms with van der Waals surface area (Å²) in [6, 6.07) is 0. The molecule has 1 aliphatic rings. The monoisotopic (exact) mass is 200 g/mol. The van der Waals surface area contributed by atoms with Gasteiger partial charge in [0.1, 0.15) is 0 Å². The van der Waals surface area contributed by atoms with Gasteiger partial charge in [-0.15, -0.1) is 0 Å². The molecular formula is C11H20O3. The zero-order valence-corrected chi connectivity index (χ0v) is 8.78. The highest BCUT2D eigenvalue weighted by atomic mass is 16.6. The fourth-order valence-electron chi connectivity index (χ4n) is 1.62. The summed E-state index contributed by atoms with van der Waals surface area (Å²) in [5.41, 5.74) is 0. The SMILES string of the molecule is CCC1CCC(O)(/C=C/CCO)OC1. The average molecular weight is 200 g/mol. The van der Waals surface area contributed by atoms with E-state index in [-0.39, 0.29) is 6.61 Å². The molecule has 2 unspecified atom stereocenters. The van der Waals surface area contributed by atoms with E-state index in [0.717, 1.165) is 12.8 Å². The first-order chi connectivity index (χ1) is 6.70. The Hall–Kier alpha value is -0.380. The largest absolute Gasteiger partial charge is 0.396 e. The molecule has 3 nitrogen and oxygen atoms in total. The summed E-state index contributed by atoms with van der Waals surface area (Å²) in [5, 5.41) is 18.5. The van der Waals surface area contributed by atoms with Crippen molar-refractivity contribution < 1.29 is 14.9 Å². The van der Waals surface area contributed by atoms with E-state index in [0.29, 0.717) is 25.4 Å². The van der Waals surface area contributed by atoms with Crippen molar-refractivity contribution in [3.8, 4) is 0 Å². The number of aliphatic hydroxyl groups excluding tert-OH is 1. The van der Waals surface area contributed by atoms with Gasteiger partial charge in [0.05, 0.1) is 6.61 Å². The van der Waals surface area contributed by atoms with E-state index in [1.165, 1.54) is 0 Å². The van der Waals surface area contributed by atoms with Crippen molar-refractivity contribution >= 4 is 0 Å². The Balaban J connectivity index is 2.37. The van der Waals surface area contributed by atoms with Crippen LogP contribution in [0.3, 0.4) is 0 Å². The molecule has 0 amide bonds. The molecule has 0 saturated carbocycles. The molecule has 0 aromatic carbocycles. The van der Waals surface area contributed by atoms with Crippen LogP contribution in [0.15, 0.2) is 12.2 Å². The molecule has 0 radical (unpaired) electrons. The standard InChI is InChI=1S/C11H20O3/c1-2-10-5-7-11(13,14-9-10)6-3-4-8-12/h3,6,10,12-13H,2,4-5,7-9H2,1H3/b6-3+. The lowest BCUT2D eigenvalue weighted by Crippen LogP contribution is -2.37. The van der Waals surface area contributed by atoms with Gasteiger partial charge in [0.25, 0.3) is 0 Å². The minimum Gasteiger partial charge on any atom is -0.396 e. The highest BCUT2D eigenvalue weighted by Crippen LogP contribution is 2.28. The van der Waals surface area contributed by atoms with Crippen molar-refractivity contribution in [2.75, 3.05) is 13.2 Å². The van der Waals surface area contributed by atoms with Crippen LogP contribution in [0.4, 0.5) is 0 Å². The normalized spacial score (nSPS) is 33.8. The first kappa shape index (κ1) is 11.7. The van der Waals surface area contributed by atoms with Gasteiger partial charge in [0, 0.05) is 13.0 Å². The van der Waals surface area contributed by atoms with E-state index >= 15 is 0 Å². The van der Waals surface area contributed by atoms with Crippen LogP contribution in [0.5, 0.6) is 0 Å². The lowest BCUT2D eigenvalue weighted by molar-refractivity contribution is -0.202. The van der Waals surface area contributed by atoms with Gasteiger partial charge in [-0.3, -0.25) is 0 Å². The Morgan fingerprint density at radius 2 is 2.36 bits per heavy atom. The molecule has 14 heavy (non-hydrogen) atoms. The molecule has 0 aliphatic carbocycles. The van der Waals surface area contributed by atoms with Gasteiger partial charge in [-0.25, -0.2) is 0 Å². The first-order valence-electron chi connectivity index (χ1n) is 5.35. The van der Waals surface area contributed by atoms with Crippen LogP contribution in [0, 0.1) is 5.92 Å². The maximum absolute atomic E-state index is 9.92. The molecule has 0 aromatic heterocycles. The maximum atomic E-state index is 9.92. The highest BCUT2D eigenvalue weighted by molar-refractivity contribution is 4.96. The maximum Gasteiger partial charge on any atom is 0.185 e. The summed E-state index contributed by atoms with van der Waals surface area (Å²) in [6.07, 6.45) is 6.78. The third kappa shape index (κ3) is 3.40. The zero-order valence-electron chi connectivity index (χ0n) is 8.78. The average Bonchev–Trinajstić information content (AvgIpc) is 2.19. The zero-order chi connectivity index (χ0) is 10.4. The third-order valence-corrected chi connectivity index (χ3v) is 2.73. The van der Waals surface area contributed by atoms with Gasteiger partial charge >= 0.3 is 0 Å². The predicted molar refractivity (Wildman–Crippen MR) is 54.8 cm³/mol. The number of hydrogen-bond donors (Lipinski definition) is 2. The fourth-order valence-corrected chi connectivity index (χ4v) is 1.62. The molecule has 0 spiro atoms. The van der Waals surface area contributed by atoms with E-state index in [1.807, 2.05) is 0 Å². The molecule has 0 aromatic rings. The number of rotatable bonds is 4. The van der Waals surface area contributed by atoms with Gasteiger partial charge in [0.15, 0.2) is 5.79 Å². The summed E-state index contributed by atoms with van der Waals surface area (Å²) in [6.45, 7) is 2.89. The molecule has 1 saturated heterocycles. The van der Waals surface area contributed by atoms with Crippen molar-refractivity contribution in [1.82, 2.24) is 0 Å². The van der Waals surface area contributed by atoms with E-state index in [4.69, 9.17) is 9.84 Å². The Kier molecular flexibility index (Phi) is 4.58. The number of hydrogen-bond acceptors (Lipinski definition) is 3. The molecule has 0 bridgehead atoms. The van der Waals surface area contributed by atoms with Gasteiger partial charge < -0.3 is 14.9 Å². The van der Waals surface area contributed by atoms with Crippen LogP contribution in [0.2, 0.25) is 0 Å². The van der Waals surface area contributed by atoms with E-state index in [9.17, 15) is 5.11 Å². The molecule has 3 heteroatoms. The summed E-state index contributed by atoms with van der Waals surface area (Å²) >= 11 is 0. The minimum atomic E-state index is -1.08.